The SMILES string of the molecule is CCN(CC)C1=CC(NC2=Cc3c([nH]c(C)c3C)CC2)N(C)C(OCCN2CCOCC2)=N1. The number of allylic oxidation sites excluding steroid dienone is 1. The van der Waals surface area contributed by atoms with E-state index in [9.17, 15) is 0 Å². The third-order valence-corrected chi connectivity index (χ3v) is 6.99. The van der Waals surface area contributed by atoms with E-state index in [4.69, 9.17) is 14.5 Å². The summed E-state index contributed by atoms with van der Waals surface area (Å²) in [4.78, 5) is 15.2. The van der Waals surface area contributed by atoms with Crippen molar-refractivity contribution in [2.45, 2.75) is 46.7 Å². The molecule has 33 heavy (non-hydrogen) atoms. The maximum absolute atomic E-state index is 6.23. The fraction of sp³-hybridized carbons (Fsp3) is 0.640. The number of amidine groups is 1. The molecule has 4 rings (SSSR count). The van der Waals surface area contributed by atoms with Gasteiger partial charge in [0.2, 0.25) is 0 Å². The third kappa shape index (κ3) is 5.38. The number of aryl methyl sites for hydroxylation is 2. The van der Waals surface area contributed by atoms with E-state index in [1.54, 1.807) is 0 Å². The molecule has 1 aromatic heterocycles. The number of hydrogen-bond acceptors (Lipinski definition) is 7. The van der Waals surface area contributed by atoms with Crippen LogP contribution in [0.3, 0.4) is 0 Å². The molecule has 1 aromatic rings. The molecule has 1 saturated heterocycles. The van der Waals surface area contributed by atoms with Crippen molar-refractivity contribution in [2.75, 3.05) is 59.6 Å². The minimum Gasteiger partial charge on any atom is -0.463 e. The number of aromatic amines is 1. The van der Waals surface area contributed by atoms with Gasteiger partial charge in [-0.25, -0.2) is 0 Å². The normalized spacial score (nSPS) is 21.2. The van der Waals surface area contributed by atoms with Gasteiger partial charge in [0.15, 0.2) is 0 Å². The Morgan fingerprint density at radius 3 is 2.70 bits per heavy atom. The van der Waals surface area contributed by atoms with Gasteiger partial charge in [0.1, 0.15) is 18.6 Å². The molecular formula is C25H40N6O2. The first-order chi connectivity index (χ1) is 16.0. The van der Waals surface area contributed by atoms with Gasteiger partial charge in [0.05, 0.1) is 13.2 Å². The monoisotopic (exact) mass is 456 g/mol. The van der Waals surface area contributed by atoms with Crippen LogP contribution < -0.4 is 5.32 Å². The Morgan fingerprint density at radius 2 is 1.97 bits per heavy atom. The number of rotatable bonds is 8. The number of hydrogen-bond donors (Lipinski definition) is 2. The van der Waals surface area contributed by atoms with Gasteiger partial charge in [0, 0.05) is 68.5 Å². The van der Waals surface area contributed by atoms with E-state index < -0.39 is 0 Å². The molecule has 3 aliphatic rings. The number of H-pyrrole nitrogens is 1. The summed E-state index contributed by atoms with van der Waals surface area (Å²) in [6.07, 6.45) is 6.54. The Morgan fingerprint density at radius 1 is 1.21 bits per heavy atom. The van der Waals surface area contributed by atoms with Crippen molar-refractivity contribution in [3.63, 3.8) is 0 Å². The highest BCUT2D eigenvalue weighted by Crippen LogP contribution is 2.28. The van der Waals surface area contributed by atoms with Gasteiger partial charge in [-0.05, 0) is 52.2 Å². The lowest BCUT2D eigenvalue weighted by molar-refractivity contribution is 0.0300. The summed E-state index contributed by atoms with van der Waals surface area (Å²) in [6.45, 7) is 15.6. The Hall–Kier alpha value is -2.45. The molecule has 1 aliphatic carbocycles. The van der Waals surface area contributed by atoms with Crippen molar-refractivity contribution >= 4 is 12.1 Å². The summed E-state index contributed by atoms with van der Waals surface area (Å²) in [7, 11) is 2.06. The second-order valence-corrected chi connectivity index (χ2v) is 9.03. The first kappa shape index (κ1) is 23.7. The minimum atomic E-state index is -0.00960. The predicted molar refractivity (Wildman–Crippen MR) is 133 cm³/mol. The fourth-order valence-electron chi connectivity index (χ4n) is 4.69. The first-order valence-electron chi connectivity index (χ1n) is 12.4. The molecule has 0 bridgehead atoms. The summed E-state index contributed by atoms with van der Waals surface area (Å²) < 4.78 is 11.7. The number of fused-ring (bicyclic) bond motifs is 1. The van der Waals surface area contributed by atoms with Crippen LogP contribution in [0.5, 0.6) is 0 Å². The molecule has 0 saturated carbocycles. The Kier molecular flexibility index (Phi) is 7.65. The summed E-state index contributed by atoms with van der Waals surface area (Å²) in [5.41, 5.74) is 6.54. The minimum absolute atomic E-state index is 0.00960. The Labute approximate surface area is 198 Å². The predicted octanol–water partition coefficient (Wildman–Crippen LogP) is 2.67. The quantitative estimate of drug-likeness (QED) is 0.627. The van der Waals surface area contributed by atoms with E-state index >= 15 is 0 Å². The van der Waals surface area contributed by atoms with Gasteiger partial charge >= 0.3 is 0 Å². The Bertz CT molecular complexity index is 908. The second-order valence-electron chi connectivity index (χ2n) is 9.03. The zero-order chi connectivity index (χ0) is 23.4. The highest BCUT2D eigenvalue weighted by molar-refractivity contribution is 5.76. The van der Waals surface area contributed by atoms with Crippen LogP contribution in [-0.2, 0) is 15.9 Å². The van der Waals surface area contributed by atoms with Gasteiger partial charge in [0.25, 0.3) is 6.02 Å². The largest absolute Gasteiger partial charge is 0.463 e. The maximum atomic E-state index is 6.23. The zero-order valence-electron chi connectivity index (χ0n) is 20.9. The van der Waals surface area contributed by atoms with Gasteiger partial charge in [-0.15, -0.1) is 0 Å². The van der Waals surface area contributed by atoms with E-state index in [-0.39, 0.29) is 6.17 Å². The van der Waals surface area contributed by atoms with Crippen LogP contribution in [0.25, 0.3) is 6.08 Å². The summed E-state index contributed by atoms with van der Waals surface area (Å²) >= 11 is 0. The standard InChI is InChI=1S/C25H40N6O2/c1-6-31(7-2)24-17-23(27-20-8-9-22-21(16-20)18(3)19(4)26-22)29(5)25(28-24)33-15-12-30-10-13-32-14-11-30/h16-17,23,26-27H,6-15H2,1-5H3. The van der Waals surface area contributed by atoms with Crippen molar-refractivity contribution in [1.82, 2.24) is 25.0 Å². The van der Waals surface area contributed by atoms with Gasteiger partial charge < -0.3 is 29.6 Å². The molecule has 182 valence electrons. The van der Waals surface area contributed by atoms with Crippen LogP contribution in [0.15, 0.2) is 22.6 Å². The lowest BCUT2D eigenvalue weighted by Crippen LogP contribution is -2.49. The van der Waals surface area contributed by atoms with Gasteiger partial charge in [-0.2, -0.15) is 4.99 Å². The zero-order valence-corrected chi connectivity index (χ0v) is 20.9. The summed E-state index contributed by atoms with van der Waals surface area (Å²) in [5, 5.41) is 3.77. The number of likely N-dealkylation sites (N-methyl/N-ethyl adjacent to an activating group) is 1. The maximum Gasteiger partial charge on any atom is 0.295 e. The van der Waals surface area contributed by atoms with Crippen molar-refractivity contribution in [2.24, 2.45) is 4.99 Å². The van der Waals surface area contributed by atoms with E-state index in [2.05, 4.69) is 71.9 Å². The van der Waals surface area contributed by atoms with Crippen LogP contribution in [0.1, 0.15) is 42.8 Å². The van der Waals surface area contributed by atoms with E-state index in [1.165, 1.54) is 28.2 Å². The average molecular weight is 457 g/mol. The molecule has 1 atom stereocenters. The molecule has 0 radical (unpaired) electrons. The smallest absolute Gasteiger partial charge is 0.295 e. The van der Waals surface area contributed by atoms with Crippen molar-refractivity contribution < 1.29 is 9.47 Å². The molecule has 3 heterocycles. The second kappa shape index (κ2) is 10.7. The van der Waals surface area contributed by atoms with Crippen LogP contribution >= 0.6 is 0 Å². The van der Waals surface area contributed by atoms with Crippen molar-refractivity contribution in [3.8, 4) is 0 Å². The lowest BCUT2D eigenvalue weighted by Gasteiger charge is -2.36. The number of nitrogens with one attached hydrogen (secondary N) is 2. The third-order valence-electron chi connectivity index (χ3n) is 6.99. The van der Waals surface area contributed by atoms with Crippen LogP contribution in [0, 0.1) is 13.8 Å². The number of morpholine rings is 1. The molecule has 2 aliphatic heterocycles. The van der Waals surface area contributed by atoms with Crippen LogP contribution in [-0.4, -0.2) is 91.5 Å². The first-order valence-corrected chi connectivity index (χ1v) is 12.4. The topological polar surface area (TPSA) is 68.4 Å². The van der Waals surface area contributed by atoms with E-state index in [1.807, 2.05) is 0 Å². The molecular weight excluding hydrogens is 416 g/mol. The lowest BCUT2D eigenvalue weighted by atomic mass is 9.99. The fourth-order valence-corrected chi connectivity index (χ4v) is 4.69. The molecule has 0 aromatic carbocycles. The van der Waals surface area contributed by atoms with Crippen molar-refractivity contribution in [3.05, 3.63) is 40.1 Å². The molecule has 1 unspecified atom stereocenters. The molecule has 1 fully saturated rings. The van der Waals surface area contributed by atoms with Gasteiger partial charge in [-0.3, -0.25) is 4.90 Å². The summed E-state index contributed by atoms with van der Waals surface area (Å²) in [6, 6.07) is 0.677. The van der Waals surface area contributed by atoms with Crippen LogP contribution in [0.2, 0.25) is 0 Å². The van der Waals surface area contributed by atoms with Crippen LogP contribution in [0.4, 0.5) is 0 Å². The van der Waals surface area contributed by atoms with E-state index in [0.717, 1.165) is 64.6 Å². The summed E-state index contributed by atoms with van der Waals surface area (Å²) in [5.74, 6) is 0.975. The molecule has 2 N–H and O–H groups in total. The molecule has 0 amide bonds. The number of aliphatic imine (C=N–C) groups is 1. The Balaban J connectivity index is 1.48. The molecule has 8 nitrogen and oxygen atoms in total. The van der Waals surface area contributed by atoms with Crippen molar-refractivity contribution in [1.29, 1.82) is 0 Å². The highest BCUT2D eigenvalue weighted by Gasteiger charge is 2.27. The van der Waals surface area contributed by atoms with E-state index in [0.29, 0.717) is 12.6 Å². The number of nitrogens with zero attached hydrogens (tertiary/aromatic N) is 4. The number of aromatic nitrogens is 1. The molecule has 8 heteroatoms. The highest BCUT2D eigenvalue weighted by atomic mass is 16.5. The number of ether oxygens (including phenoxy) is 2. The average Bonchev–Trinajstić information content (AvgIpc) is 3.11. The van der Waals surface area contributed by atoms with Gasteiger partial charge in [-0.1, -0.05) is 0 Å². The molecule has 0 spiro atoms.